The number of halogens is 4. The van der Waals surface area contributed by atoms with Crippen molar-refractivity contribution in [2.24, 2.45) is 0 Å². The fraction of sp³-hybridized carbons (Fsp3) is 0.300. The molecular formula is C30H25ClF3NO2. The van der Waals surface area contributed by atoms with E-state index in [1.54, 1.807) is 11.0 Å². The number of amides is 1. The SMILES string of the molecule is O=C(OCC1c2ccccc2-c2ccccc21)N1C2C=C(c3ccc(Cl)c(C(F)(F)F)c3)CC1CCC2. The van der Waals surface area contributed by atoms with E-state index in [-0.39, 0.29) is 35.7 Å². The molecule has 0 saturated carbocycles. The van der Waals surface area contributed by atoms with E-state index in [4.69, 9.17) is 16.3 Å². The number of piperidine rings is 1. The number of fused-ring (bicyclic) bond motifs is 5. The van der Waals surface area contributed by atoms with Crippen molar-refractivity contribution in [1.29, 1.82) is 0 Å². The van der Waals surface area contributed by atoms with Crippen LogP contribution in [0.15, 0.2) is 72.8 Å². The van der Waals surface area contributed by atoms with Crippen LogP contribution >= 0.6 is 11.6 Å². The van der Waals surface area contributed by atoms with Gasteiger partial charge in [0.15, 0.2) is 0 Å². The molecule has 1 fully saturated rings. The van der Waals surface area contributed by atoms with Crippen molar-refractivity contribution in [1.82, 2.24) is 4.90 Å². The third-order valence-corrected chi connectivity index (χ3v) is 8.16. The number of rotatable bonds is 3. The molecule has 1 aliphatic carbocycles. The summed E-state index contributed by atoms with van der Waals surface area (Å²) in [6.07, 6.45) is 0.0347. The standard InChI is InChI=1S/C30H25ClF3NO2/c31-28-13-12-18(16-27(28)30(32,33)34)19-14-20-6-5-7-21(15-19)35(20)29(36)37-17-26-24-10-3-1-8-22(24)23-9-2-4-11-25(23)26/h1-4,8-14,16,20-21,26H,5-7,15,17H2. The van der Waals surface area contributed by atoms with E-state index in [0.29, 0.717) is 12.0 Å². The normalized spacial score (nSPS) is 20.8. The molecule has 6 rings (SSSR count). The van der Waals surface area contributed by atoms with Gasteiger partial charge in [-0.05, 0) is 71.2 Å². The van der Waals surface area contributed by atoms with Crippen molar-refractivity contribution in [2.45, 2.75) is 49.9 Å². The van der Waals surface area contributed by atoms with Crippen LogP contribution < -0.4 is 0 Å². The van der Waals surface area contributed by atoms with Gasteiger partial charge < -0.3 is 4.74 Å². The Bertz CT molecular complexity index is 1350. The average molecular weight is 524 g/mol. The molecule has 2 bridgehead atoms. The average Bonchev–Trinajstić information content (AvgIpc) is 3.20. The van der Waals surface area contributed by atoms with Crippen molar-refractivity contribution < 1.29 is 22.7 Å². The largest absolute Gasteiger partial charge is 0.448 e. The maximum Gasteiger partial charge on any atom is 0.417 e. The Labute approximate surface area is 218 Å². The quantitative estimate of drug-likeness (QED) is 0.345. The predicted molar refractivity (Wildman–Crippen MR) is 137 cm³/mol. The molecule has 0 N–H and O–H groups in total. The fourth-order valence-corrected chi connectivity index (χ4v) is 6.36. The van der Waals surface area contributed by atoms with Crippen LogP contribution in [-0.4, -0.2) is 29.7 Å². The van der Waals surface area contributed by atoms with Crippen LogP contribution in [-0.2, 0) is 10.9 Å². The summed E-state index contributed by atoms with van der Waals surface area (Å²) < 4.78 is 46.2. The second-order valence-corrected chi connectivity index (χ2v) is 10.4. The number of carbonyl (C=O) groups excluding carboxylic acids is 1. The number of ether oxygens (including phenoxy) is 1. The van der Waals surface area contributed by atoms with E-state index < -0.39 is 11.7 Å². The van der Waals surface area contributed by atoms with Crippen molar-refractivity contribution in [3.05, 3.63) is 100 Å². The molecule has 0 radical (unpaired) electrons. The van der Waals surface area contributed by atoms with Gasteiger partial charge in [-0.2, -0.15) is 13.2 Å². The molecule has 3 aromatic rings. The number of alkyl halides is 3. The number of benzene rings is 3. The molecular weight excluding hydrogens is 499 g/mol. The molecule has 3 nitrogen and oxygen atoms in total. The van der Waals surface area contributed by atoms with Crippen LogP contribution in [0.2, 0.25) is 5.02 Å². The highest BCUT2D eigenvalue weighted by Gasteiger charge is 2.40. The van der Waals surface area contributed by atoms with Crippen LogP contribution in [0.25, 0.3) is 16.7 Å². The monoisotopic (exact) mass is 523 g/mol. The Morgan fingerprint density at radius 1 is 0.973 bits per heavy atom. The molecule has 0 spiro atoms. The lowest BCUT2D eigenvalue weighted by molar-refractivity contribution is -0.137. The molecule has 2 aliphatic heterocycles. The van der Waals surface area contributed by atoms with Crippen LogP contribution in [0.5, 0.6) is 0 Å². The van der Waals surface area contributed by atoms with Crippen LogP contribution in [0, 0.1) is 0 Å². The van der Waals surface area contributed by atoms with Crippen LogP contribution in [0.1, 0.15) is 53.9 Å². The molecule has 190 valence electrons. The Morgan fingerprint density at radius 2 is 1.65 bits per heavy atom. The number of hydrogen-bond acceptors (Lipinski definition) is 2. The first-order valence-corrected chi connectivity index (χ1v) is 12.9. The highest BCUT2D eigenvalue weighted by molar-refractivity contribution is 6.31. The summed E-state index contributed by atoms with van der Waals surface area (Å²) in [6.45, 7) is 0.242. The molecule has 2 unspecified atom stereocenters. The van der Waals surface area contributed by atoms with Crippen LogP contribution in [0.3, 0.4) is 0 Å². The van der Waals surface area contributed by atoms with E-state index in [0.717, 1.165) is 42.0 Å². The topological polar surface area (TPSA) is 29.5 Å². The van der Waals surface area contributed by atoms with E-state index in [9.17, 15) is 18.0 Å². The van der Waals surface area contributed by atoms with Gasteiger partial charge in [-0.25, -0.2) is 4.79 Å². The van der Waals surface area contributed by atoms with E-state index in [1.807, 2.05) is 30.3 Å². The minimum atomic E-state index is -4.52. The summed E-state index contributed by atoms with van der Waals surface area (Å²) in [7, 11) is 0. The number of nitrogens with zero attached hydrogens (tertiary/aromatic N) is 1. The van der Waals surface area contributed by atoms with Gasteiger partial charge in [-0.15, -0.1) is 0 Å². The minimum absolute atomic E-state index is 0.0260. The highest BCUT2D eigenvalue weighted by atomic mass is 35.5. The zero-order valence-electron chi connectivity index (χ0n) is 20.0. The lowest BCUT2D eigenvalue weighted by atomic mass is 9.83. The first kappa shape index (κ1) is 24.1. The van der Waals surface area contributed by atoms with E-state index >= 15 is 0 Å². The second kappa shape index (κ2) is 9.25. The summed E-state index contributed by atoms with van der Waals surface area (Å²) in [4.78, 5) is 15.2. The summed E-state index contributed by atoms with van der Waals surface area (Å²) in [5.74, 6) is -0.0260. The molecule has 2 heterocycles. The van der Waals surface area contributed by atoms with Gasteiger partial charge in [0.05, 0.1) is 16.6 Å². The summed E-state index contributed by atoms with van der Waals surface area (Å²) in [5, 5.41) is -0.312. The first-order valence-electron chi connectivity index (χ1n) is 12.5. The van der Waals surface area contributed by atoms with Crippen molar-refractivity contribution in [3.8, 4) is 11.1 Å². The number of carbonyl (C=O) groups is 1. The zero-order valence-corrected chi connectivity index (χ0v) is 20.7. The molecule has 0 aromatic heterocycles. The second-order valence-electron chi connectivity index (χ2n) is 9.95. The Hall–Kier alpha value is -3.25. The van der Waals surface area contributed by atoms with E-state index in [1.165, 1.54) is 17.2 Å². The zero-order chi connectivity index (χ0) is 25.7. The molecule has 7 heteroatoms. The maximum atomic E-state index is 13.4. The lowest BCUT2D eigenvalue weighted by Gasteiger charge is -2.44. The summed E-state index contributed by atoms with van der Waals surface area (Å²) >= 11 is 5.82. The lowest BCUT2D eigenvalue weighted by Crippen LogP contribution is -2.51. The minimum Gasteiger partial charge on any atom is -0.448 e. The van der Waals surface area contributed by atoms with Gasteiger partial charge in [0.1, 0.15) is 6.61 Å². The molecule has 2 atom stereocenters. The predicted octanol–water partition coefficient (Wildman–Crippen LogP) is 8.32. The third-order valence-electron chi connectivity index (χ3n) is 7.83. The van der Waals surface area contributed by atoms with Gasteiger partial charge in [0, 0.05) is 12.0 Å². The van der Waals surface area contributed by atoms with Crippen molar-refractivity contribution in [3.63, 3.8) is 0 Å². The van der Waals surface area contributed by atoms with E-state index in [2.05, 4.69) is 24.3 Å². The Morgan fingerprint density at radius 3 is 2.30 bits per heavy atom. The summed E-state index contributed by atoms with van der Waals surface area (Å²) in [6, 6.07) is 20.1. The molecule has 3 aromatic carbocycles. The van der Waals surface area contributed by atoms with Gasteiger partial charge in [-0.3, -0.25) is 4.90 Å². The van der Waals surface area contributed by atoms with Crippen LogP contribution in [0.4, 0.5) is 18.0 Å². The Kier molecular flexibility index (Phi) is 6.03. The Balaban J connectivity index is 1.22. The van der Waals surface area contributed by atoms with Gasteiger partial charge in [-0.1, -0.05) is 72.3 Å². The highest BCUT2D eigenvalue weighted by Crippen LogP contribution is 2.45. The molecule has 3 aliphatic rings. The van der Waals surface area contributed by atoms with Gasteiger partial charge >= 0.3 is 12.3 Å². The molecule has 37 heavy (non-hydrogen) atoms. The van der Waals surface area contributed by atoms with Crippen molar-refractivity contribution in [2.75, 3.05) is 6.61 Å². The fourth-order valence-electron chi connectivity index (χ4n) is 6.14. The molecule has 1 amide bonds. The first-order chi connectivity index (χ1) is 17.8. The third kappa shape index (κ3) is 4.31. The van der Waals surface area contributed by atoms with Crippen molar-refractivity contribution >= 4 is 23.3 Å². The maximum absolute atomic E-state index is 13.4. The molecule has 1 saturated heterocycles. The number of hydrogen-bond donors (Lipinski definition) is 0. The van der Waals surface area contributed by atoms with Gasteiger partial charge in [0.25, 0.3) is 0 Å². The smallest absolute Gasteiger partial charge is 0.417 e. The van der Waals surface area contributed by atoms with Gasteiger partial charge in [0.2, 0.25) is 0 Å². The summed E-state index contributed by atoms with van der Waals surface area (Å²) in [5.41, 5.74) is 5.13.